The van der Waals surface area contributed by atoms with Crippen LogP contribution in [0.25, 0.3) is 10.9 Å². The van der Waals surface area contributed by atoms with Crippen LogP contribution in [0, 0.1) is 0 Å². The van der Waals surface area contributed by atoms with Crippen LogP contribution in [-0.2, 0) is 11.8 Å². The van der Waals surface area contributed by atoms with Gasteiger partial charge >= 0.3 is 0 Å². The number of aromatic nitrogens is 1. The Morgan fingerprint density at radius 2 is 1.94 bits per heavy atom. The maximum absolute atomic E-state index is 6.22. The number of hydrogen-bond donors (Lipinski definition) is 2. The van der Waals surface area contributed by atoms with Crippen LogP contribution in [-0.4, -0.2) is 4.98 Å². The highest BCUT2D eigenvalue weighted by molar-refractivity contribution is 5.94. The summed E-state index contributed by atoms with van der Waals surface area (Å²) in [4.78, 5) is 3.43. The molecule has 0 amide bonds. The zero-order valence-electron chi connectivity index (χ0n) is 10.5. The van der Waals surface area contributed by atoms with Crippen molar-refractivity contribution in [3.8, 4) is 0 Å². The standard InChI is InChI=1S/C14H20N2/c1-5-9-6-7-11-10(8-9)12(15)13(16-11)14(2,3)4/h6-8,16H,5,15H2,1-4H3. The summed E-state index contributed by atoms with van der Waals surface area (Å²) < 4.78 is 0. The molecule has 0 aliphatic rings. The minimum Gasteiger partial charge on any atom is -0.397 e. The van der Waals surface area contributed by atoms with E-state index in [0.717, 1.165) is 28.7 Å². The van der Waals surface area contributed by atoms with Gasteiger partial charge in [0.15, 0.2) is 0 Å². The molecule has 16 heavy (non-hydrogen) atoms. The Bertz CT molecular complexity index is 515. The van der Waals surface area contributed by atoms with Crippen molar-refractivity contribution in [1.82, 2.24) is 4.98 Å². The number of aryl methyl sites for hydroxylation is 1. The van der Waals surface area contributed by atoms with E-state index < -0.39 is 0 Å². The SMILES string of the molecule is CCc1ccc2[nH]c(C(C)(C)C)c(N)c2c1. The number of aromatic amines is 1. The zero-order chi connectivity index (χ0) is 11.9. The molecule has 1 heterocycles. The number of nitrogen functional groups attached to an aromatic ring is 1. The van der Waals surface area contributed by atoms with Gasteiger partial charge in [-0.2, -0.15) is 0 Å². The van der Waals surface area contributed by atoms with Crippen LogP contribution in [0.3, 0.4) is 0 Å². The molecule has 1 aromatic carbocycles. The third kappa shape index (κ3) is 1.69. The smallest absolute Gasteiger partial charge is 0.0610 e. The monoisotopic (exact) mass is 216 g/mol. The molecule has 2 aromatic rings. The molecule has 0 aliphatic carbocycles. The maximum atomic E-state index is 6.22. The highest BCUT2D eigenvalue weighted by Gasteiger charge is 2.20. The summed E-state index contributed by atoms with van der Waals surface area (Å²) in [6.45, 7) is 8.69. The summed E-state index contributed by atoms with van der Waals surface area (Å²) in [5, 5.41) is 1.16. The van der Waals surface area contributed by atoms with Gasteiger partial charge in [-0.3, -0.25) is 0 Å². The quantitative estimate of drug-likeness (QED) is 0.751. The summed E-state index contributed by atoms with van der Waals surface area (Å²) in [5.41, 5.74) is 10.8. The number of fused-ring (bicyclic) bond motifs is 1. The van der Waals surface area contributed by atoms with Gasteiger partial charge in [-0.15, -0.1) is 0 Å². The molecule has 2 rings (SSSR count). The van der Waals surface area contributed by atoms with Gasteiger partial charge in [-0.1, -0.05) is 33.8 Å². The number of nitrogens with two attached hydrogens (primary N) is 1. The van der Waals surface area contributed by atoms with Crippen molar-refractivity contribution in [3.05, 3.63) is 29.5 Å². The fourth-order valence-electron chi connectivity index (χ4n) is 2.07. The van der Waals surface area contributed by atoms with Gasteiger partial charge in [0.1, 0.15) is 0 Å². The van der Waals surface area contributed by atoms with E-state index >= 15 is 0 Å². The average molecular weight is 216 g/mol. The normalized spacial score (nSPS) is 12.2. The van der Waals surface area contributed by atoms with Crippen molar-refractivity contribution in [2.45, 2.75) is 39.5 Å². The van der Waals surface area contributed by atoms with Crippen LogP contribution >= 0.6 is 0 Å². The van der Waals surface area contributed by atoms with E-state index in [1.807, 2.05) is 0 Å². The Morgan fingerprint density at radius 3 is 2.50 bits per heavy atom. The van der Waals surface area contributed by atoms with E-state index in [4.69, 9.17) is 5.73 Å². The van der Waals surface area contributed by atoms with Gasteiger partial charge < -0.3 is 10.7 Å². The number of nitrogens with one attached hydrogen (secondary N) is 1. The number of H-pyrrole nitrogens is 1. The molecular formula is C14H20N2. The minimum atomic E-state index is 0.0650. The second-order valence-electron chi connectivity index (χ2n) is 5.40. The van der Waals surface area contributed by atoms with Gasteiger partial charge in [0.05, 0.1) is 5.69 Å². The second kappa shape index (κ2) is 3.55. The van der Waals surface area contributed by atoms with Gasteiger partial charge in [0.25, 0.3) is 0 Å². The van der Waals surface area contributed by atoms with E-state index in [2.05, 4.69) is 50.9 Å². The number of rotatable bonds is 1. The van der Waals surface area contributed by atoms with Crippen molar-refractivity contribution < 1.29 is 0 Å². The Hall–Kier alpha value is -1.44. The summed E-state index contributed by atoms with van der Waals surface area (Å²) >= 11 is 0. The molecule has 1 aromatic heterocycles. The predicted octanol–water partition coefficient (Wildman–Crippen LogP) is 3.61. The van der Waals surface area contributed by atoms with E-state index in [1.165, 1.54) is 5.56 Å². The third-order valence-corrected chi connectivity index (χ3v) is 3.06. The Morgan fingerprint density at radius 1 is 1.25 bits per heavy atom. The Balaban J connectivity index is 2.69. The van der Waals surface area contributed by atoms with Crippen LogP contribution in [0.1, 0.15) is 39.0 Å². The first kappa shape index (κ1) is 11.1. The zero-order valence-corrected chi connectivity index (χ0v) is 10.5. The lowest BCUT2D eigenvalue weighted by atomic mass is 9.91. The van der Waals surface area contributed by atoms with E-state index in [9.17, 15) is 0 Å². The molecule has 0 bridgehead atoms. The molecule has 0 spiro atoms. The molecule has 3 N–H and O–H groups in total. The summed E-state index contributed by atoms with van der Waals surface area (Å²) in [6, 6.07) is 6.47. The average Bonchev–Trinajstić information content (AvgIpc) is 2.55. The topological polar surface area (TPSA) is 41.8 Å². The molecule has 2 heteroatoms. The molecule has 0 fully saturated rings. The first-order valence-corrected chi connectivity index (χ1v) is 5.84. The molecule has 0 saturated heterocycles. The van der Waals surface area contributed by atoms with Crippen molar-refractivity contribution in [2.24, 2.45) is 0 Å². The lowest BCUT2D eigenvalue weighted by molar-refractivity contribution is 0.576. The summed E-state index contributed by atoms with van der Waals surface area (Å²) in [5.74, 6) is 0. The van der Waals surface area contributed by atoms with Crippen LogP contribution < -0.4 is 5.73 Å². The summed E-state index contributed by atoms with van der Waals surface area (Å²) in [7, 11) is 0. The van der Waals surface area contributed by atoms with Crippen LogP contribution in [0.2, 0.25) is 0 Å². The lowest BCUT2D eigenvalue weighted by Gasteiger charge is -2.17. The molecule has 0 atom stereocenters. The van der Waals surface area contributed by atoms with Gasteiger partial charge in [-0.25, -0.2) is 0 Å². The molecular weight excluding hydrogens is 196 g/mol. The lowest BCUT2D eigenvalue weighted by Crippen LogP contribution is -2.13. The Kier molecular flexibility index (Phi) is 2.45. The van der Waals surface area contributed by atoms with Crippen molar-refractivity contribution >= 4 is 16.6 Å². The highest BCUT2D eigenvalue weighted by Crippen LogP contribution is 2.33. The van der Waals surface area contributed by atoms with Crippen molar-refractivity contribution in [3.63, 3.8) is 0 Å². The van der Waals surface area contributed by atoms with Crippen LogP contribution in [0.5, 0.6) is 0 Å². The van der Waals surface area contributed by atoms with Crippen LogP contribution in [0.4, 0.5) is 5.69 Å². The summed E-state index contributed by atoms with van der Waals surface area (Å²) in [6.07, 6.45) is 1.05. The van der Waals surface area contributed by atoms with Crippen molar-refractivity contribution in [2.75, 3.05) is 5.73 Å². The van der Waals surface area contributed by atoms with Gasteiger partial charge in [0, 0.05) is 22.0 Å². The van der Waals surface area contributed by atoms with Gasteiger partial charge in [0.2, 0.25) is 0 Å². The molecule has 0 unspecified atom stereocenters. The fraction of sp³-hybridized carbons (Fsp3) is 0.429. The minimum absolute atomic E-state index is 0.0650. The second-order valence-corrected chi connectivity index (χ2v) is 5.40. The molecule has 86 valence electrons. The van der Waals surface area contributed by atoms with E-state index in [1.54, 1.807) is 0 Å². The van der Waals surface area contributed by atoms with E-state index in [-0.39, 0.29) is 5.41 Å². The first-order chi connectivity index (χ1) is 7.43. The maximum Gasteiger partial charge on any atom is 0.0610 e. The number of anilines is 1. The Labute approximate surface area is 96.9 Å². The molecule has 0 aliphatic heterocycles. The first-order valence-electron chi connectivity index (χ1n) is 5.84. The van der Waals surface area contributed by atoms with E-state index in [0.29, 0.717) is 0 Å². The third-order valence-electron chi connectivity index (χ3n) is 3.06. The highest BCUT2D eigenvalue weighted by atomic mass is 14.8. The number of benzene rings is 1. The fourth-order valence-corrected chi connectivity index (χ4v) is 2.07. The molecule has 0 saturated carbocycles. The molecule has 2 nitrogen and oxygen atoms in total. The number of hydrogen-bond acceptors (Lipinski definition) is 1. The largest absolute Gasteiger partial charge is 0.397 e. The van der Waals surface area contributed by atoms with Gasteiger partial charge in [-0.05, 0) is 24.1 Å². The van der Waals surface area contributed by atoms with Crippen molar-refractivity contribution in [1.29, 1.82) is 0 Å². The van der Waals surface area contributed by atoms with Crippen LogP contribution in [0.15, 0.2) is 18.2 Å². The molecule has 0 radical (unpaired) electrons. The predicted molar refractivity (Wildman–Crippen MR) is 70.8 cm³/mol.